The van der Waals surface area contributed by atoms with Gasteiger partial charge in [-0.1, -0.05) is 0 Å². The Bertz CT molecular complexity index is 219. The Kier molecular flexibility index (Phi) is 2.53. The molecule has 0 aromatic carbocycles. The molecule has 0 unspecified atom stereocenters. The quantitative estimate of drug-likeness (QED) is 0.495. The maximum atomic E-state index is 10.8. The van der Waals surface area contributed by atoms with Crippen molar-refractivity contribution < 1.29 is 13.2 Å². The highest BCUT2D eigenvalue weighted by atomic mass is 32.2. The number of nitrogens with two attached hydrogens (primary N) is 1. The summed E-state index contributed by atoms with van der Waals surface area (Å²) < 4.78 is 23.5. The predicted molar refractivity (Wildman–Crippen MR) is 36.6 cm³/mol. The molecule has 0 spiro atoms. The lowest BCUT2D eigenvalue weighted by molar-refractivity contribution is -0.109. The summed E-state index contributed by atoms with van der Waals surface area (Å²) in [7, 11) is -2.49. The third kappa shape index (κ3) is 1.53. The van der Waals surface area contributed by atoms with Crippen molar-refractivity contribution in [3.05, 3.63) is 0 Å². The van der Waals surface area contributed by atoms with E-state index in [1.807, 2.05) is 4.72 Å². The van der Waals surface area contributed by atoms with Gasteiger partial charge in [0.15, 0.2) is 11.2 Å². The van der Waals surface area contributed by atoms with E-state index in [-0.39, 0.29) is 6.29 Å². The minimum Gasteiger partial charge on any atom is -0.306 e. The maximum absolute atomic E-state index is 10.8. The van der Waals surface area contributed by atoms with E-state index in [2.05, 4.69) is 0 Å². The zero-order chi connectivity index (χ0) is 8.41. The van der Waals surface area contributed by atoms with Crippen LogP contribution in [0.5, 0.6) is 0 Å². The van der Waals surface area contributed by atoms with Crippen molar-refractivity contribution in [2.75, 3.05) is 7.05 Å². The summed E-state index contributed by atoms with van der Waals surface area (Å²) in [4.78, 5) is 8.26. The molecule has 0 radical (unpaired) electrons. The minimum absolute atomic E-state index is 0.179. The molecule has 3 N–H and O–H groups in total. The van der Waals surface area contributed by atoms with Crippen LogP contribution in [-0.4, -0.2) is 26.6 Å². The average molecular weight is 166 g/mol. The van der Waals surface area contributed by atoms with Crippen molar-refractivity contribution in [3.8, 4) is 0 Å². The summed E-state index contributed by atoms with van der Waals surface area (Å²) in [6, 6.07) is 0. The Hall–Kier alpha value is -0.460. The van der Waals surface area contributed by atoms with E-state index in [0.717, 1.165) is 6.92 Å². The summed E-state index contributed by atoms with van der Waals surface area (Å²) in [5, 5.41) is 0. The van der Waals surface area contributed by atoms with E-state index in [9.17, 15) is 13.2 Å². The summed E-state index contributed by atoms with van der Waals surface area (Å²) in [5.74, 6) is 0. The second-order valence-corrected chi connectivity index (χ2v) is 4.30. The van der Waals surface area contributed by atoms with Crippen LogP contribution in [0.1, 0.15) is 6.92 Å². The van der Waals surface area contributed by atoms with Gasteiger partial charge in [0.25, 0.3) is 0 Å². The average Bonchev–Trinajstić information content (AvgIpc) is 1.88. The number of hydrogen-bond acceptors (Lipinski definition) is 4. The van der Waals surface area contributed by atoms with Crippen LogP contribution in [0.15, 0.2) is 0 Å². The summed E-state index contributed by atoms with van der Waals surface area (Å²) in [6.07, 6.45) is 0.179. The van der Waals surface area contributed by atoms with Crippen molar-refractivity contribution >= 4 is 16.3 Å². The Morgan fingerprint density at radius 1 is 1.60 bits per heavy atom. The molecule has 5 nitrogen and oxygen atoms in total. The van der Waals surface area contributed by atoms with E-state index < -0.39 is 14.9 Å². The third-order valence-corrected chi connectivity index (χ3v) is 2.87. The molecule has 0 aliphatic heterocycles. The van der Waals surface area contributed by atoms with Crippen LogP contribution >= 0.6 is 0 Å². The minimum atomic E-state index is -3.69. The van der Waals surface area contributed by atoms with Gasteiger partial charge in [0, 0.05) is 0 Å². The molecule has 10 heavy (non-hydrogen) atoms. The van der Waals surface area contributed by atoms with Crippen LogP contribution in [0.3, 0.4) is 0 Å². The van der Waals surface area contributed by atoms with Gasteiger partial charge < -0.3 is 10.5 Å². The van der Waals surface area contributed by atoms with E-state index in [0.29, 0.717) is 0 Å². The van der Waals surface area contributed by atoms with Crippen molar-refractivity contribution in [3.63, 3.8) is 0 Å². The lowest BCUT2D eigenvalue weighted by Gasteiger charge is -2.15. The Balaban J connectivity index is 4.81. The smallest absolute Gasteiger partial charge is 0.236 e. The lowest BCUT2D eigenvalue weighted by Crippen LogP contribution is -2.51. The fourth-order valence-corrected chi connectivity index (χ4v) is 0.850. The molecule has 0 fully saturated rings. The van der Waals surface area contributed by atoms with Crippen molar-refractivity contribution in [1.82, 2.24) is 4.72 Å². The van der Waals surface area contributed by atoms with Crippen LogP contribution in [0, 0.1) is 0 Å². The van der Waals surface area contributed by atoms with Gasteiger partial charge in [-0.25, -0.2) is 13.1 Å². The molecule has 0 aromatic rings. The molecule has 0 heterocycles. The molecular formula is C4H10N2O3S. The molecule has 0 saturated carbocycles. The Labute approximate surface area is 59.6 Å². The zero-order valence-corrected chi connectivity index (χ0v) is 6.60. The van der Waals surface area contributed by atoms with E-state index in [4.69, 9.17) is 5.73 Å². The number of aldehydes is 1. The van der Waals surface area contributed by atoms with Gasteiger partial charge in [0.2, 0.25) is 10.0 Å². The molecule has 0 amide bonds. The number of rotatable bonds is 3. The molecule has 1 atom stereocenters. The standard InChI is InChI=1S/C4H10N2O3S/c1-4(5,3-7)10(8,9)6-2/h3,6H,5H2,1-2H3/t4-/m0/s1. The first kappa shape index (κ1) is 9.54. The van der Waals surface area contributed by atoms with E-state index >= 15 is 0 Å². The van der Waals surface area contributed by atoms with Crippen LogP contribution in [-0.2, 0) is 14.8 Å². The monoisotopic (exact) mass is 166 g/mol. The first-order chi connectivity index (χ1) is 4.37. The highest BCUT2D eigenvalue weighted by molar-refractivity contribution is 7.91. The summed E-state index contributed by atoms with van der Waals surface area (Å²) >= 11 is 0. The third-order valence-electron chi connectivity index (χ3n) is 1.08. The molecular weight excluding hydrogens is 156 g/mol. The van der Waals surface area contributed by atoms with Gasteiger partial charge in [0.1, 0.15) is 0 Å². The molecule has 0 aliphatic carbocycles. The Morgan fingerprint density at radius 2 is 2.00 bits per heavy atom. The van der Waals surface area contributed by atoms with E-state index in [1.54, 1.807) is 0 Å². The van der Waals surface area contributed by atoms with Gasteiger partial charge >= 0.3 is 0 Å². The Morgan fingerprint density at radius 3 is 2.10 bits per heavy atom. The highest BCUT2D eigenvalue weighted by Gasteiger charge is 2.33. The van der Waals surface area contributed by atoms with Crippen LogP contribution < -0.4 is 10.5 Å². The summed E-state index contributed by atoms with van der Waals surface area (Å²) in [5.41, 5.74) is 5.09. The number of carbonyl (C=O) groups excluding carboxylic acids is 1. The van der Waals surface area contributed by atoms with E-state index in [1.165, 1.54) is 7.05 Å². The maximum Gasteiger partial charge on any atom is 0.236 e. The molecule has 6 heteroatoms. The second kappa shape index (κ2) is 2.65. The first-order valence-corrected chi connectivity index (χ1v) is 4.04. The van der Waals surface area contributed by atoms with Crippen LogP contribution in [0.25, 0.3) is 0 Å². The number of carbonyl (C=O) groups is 1. The normalized spacial score (nSPS) is 17.9. The highest BCUT2D eigenvalue weighted by Crippen LogP contribution is 2.02. The van der Waals surface area contributed by atoms with Crippen LogP contribution in [0.2, 0.25) is 0 Å². The molecule has 0 bridgehead atoms. The fourth-order valence-electron chi connectivity index (χ4n) is 0.283. The lowest BCUT2D eigenvalue weighted by atomic mass is 10.4. The van der Waals surface area contributed by atoms with Crippen LogP contribution in [0.4, 0.5) is 0 Å². The van der Waals surface area contributed by atoms with Crippen molar-refractivity contribution in [2.45, 2.75) is 11.8 Å². The number of sulfonamides is 1. The van der Waals surface area contributed by atoms with Gasteiger partial charge in [-0.05, 0) is 14.0 Å². The van der Waals surface area contributed by atoms with Gasteiger partial charge in [-0.3, -0.25) is 0 Å². The molecule has 0 rings (SSSR count). The molecule has 0 aliphatic rings. The van der Waals surface area contributed by atoms with Gasteiger partial charge in [-0.15, -0.1) is 0 Å². The predicted octanol–water partition coefficient (Wildman–Crippen LogP) is -1.59. The topological polar surface area (TPSA) is 89.3 Å². The zero-order valence-electron chi connectivity index (χ0n) is 5.79. The molecule has 0 saturated heterocycles. The first-order valence-electron chi connectivity index (χ1n) is 2.55. The SMILES string of the molecule is CNS(=O)(=O)[C@](C)(N)C=O. The second-order valence-electron chi connectivity index (χ2n) is 2.01. The van der Waals surface area contributed by atoms with Crippen molar-refractivity contribution in [1.29, 1.82) is 0 Å². The summed E-state index contributed by atoms with van der Waals surface area (Å²) in [6.45, 7) is 1.12. The number of hydrogen-bond donors (Lipinski definition) is 2. The van der Waals surface area contributed by atoms with Gasteiger partial charge in [0.05, 0.1) is 0 Å². The van der Waals surface area contributed by atoms with Gasteiger partial charge in [-0.2, -0.15) is 0 Å². The number of nitrogens with one attached hydrogen (secondary N) is 1. The molecule has 60 valence electrons. The van der Waals surface area contributed by atoms with Crippen molar-refractivity contribution in [2.24, 2.45) is 5.73 Å². The fraction of sp³-hybridized carbons (Fsp3) is 0.750. The molecule has 0 aromatic heterocycles. The largest absolute Gasteiger partial charge is 0.306 e.